The van der Waals surface area contributed by atoms with Crippen LogP contribution in [0.5, 0.6) is 0 Å². The Morgan fingerprint density at radius 2 is 1.50 bits per heavy atom. The van der Waals surface area contributed by atoms with Gasteiger partial charge in [-0.2, -0.15) is 0 Å². The zero-order chi connectivity index (χ0) is 23.7. The molecule has 5 aromatic rings. The number of rotatable bonds is 5. The highest BCUT2D eigenvalue weighted by Crippen LogP contribution is 2.33. The SMILES string of the molecule is Cc1cccc(-c2[nH]c(-c3ccccc3)nc2-c2ccnc(-c3ccc(S(C)(=O)=O)cc3)c2)n1. The average Bonchev–Trinajstić information content (AvgIpc) is 3.30. The molecule has 0 spiro atoms. The molecule has 3 aromatic heterocycles. The lowest BCUT2D eigenvalue weighted by Gasteiger charge is -2.07. The van der Waals surface area contributed by atoms with Gasteiger partial charge in [-0.3, -0.25) is 9.97 Å². The van der Waals surface area contributed by atoms with Crippen LogP contribution in [0.2, 0.25) is 0 Å². The van der Waals surface area contributed by atoms with Gasteiger partial charge in [0, 0.05) is 34.8 Å². The van der Waals surface area contributed by atoms with Crippen molar-refractivity contribution in [3.63, 3.8) is 0 Å². The molecule has 34 heavy (non-hydrogen) atoms. The van der Waals surface area contributed by atoms with Crippen molar-refractivity contribution in [3.8, 4) is 45.3 Å². The van der Waals surface area contributed by atoms with E-state index in [9.17, 15) is 8.42 Å². The second kappa shape index (κ2) is 8.68. The van der Waals surface area contributed by atoms with Crippen molar-refractivity contribution >= 4 is 9.84 Å². The summed E-state index contributed by atoms with van der Waals surface area (Å²) in [4.78, 5) is 17.9. The Morgan fingerprint density at radius 3 is 2.21 bits per heavy atom. The van der Waals surface area contributed by atoms with Gasteiger partial charge in [0.05, 0.1) is 27.7 Å². The third-order valence-corrected chi connectivity index (χ3v) is 6.64. The standard InChI is InChI=1S/C27H22N4O2S/c1-18-7-6-10-23(29-18)26-25(30-27(31-26)20-8-4-3-5-9-20)21-15-16-28-24(17-21)19-11-13-22(14-12-19)34(2,32)33/h3-17H,1-2H3,(H,30,31). The van der Waals surface area contributed by atoms with Crippen molar-refractivity contribution in [1.82, 2.24) is 19.9 Å². The number of nitrogens with one attached hydrogen (secondary N) is 1. The van der Waals surface area contributed by atoms with Crippen molar-refractivity contribution in [1.29, 1.82) is 0 Å². The molecule has 0 bridgehead atoms. The summed E-state index contributed by atoms with van der Waals surface area (Å²) in [6.07, 6.45) is 2.93. The maximum absolute atomic E-state index is 11.8. The quantitative estimate of drug-likeness (QED) is 0.365. The van der Waals surface area contributed by atoms with Gasteiger partial charge in [0.15, 0.2) is 9.84 Å². The van der Waals surface area contributed by atoms with Crippen LogP contribution in [0, 0.1) is 6.92 Å². The Balaban J connectivity index is 1.63. The third kappa shape index (κ3) is 4.38. The first-order valence-corrected chi connectivity index (χ1v) is 12.6. The number of benzene rings is 2. The van der Waals surface area contributed by atoms with E-state index in [0.717, 1.165) is 51.0 Å². The van der Waals surface area contributed by atoms with Crippen LogP contribution >= 0.6 is 0 Å². The first-order valence-electron chi connectivity index (χ1n) is 10.7. The highest BCUT2D eigenvalue weighted by Gasteiger charge is 2.17. The third-order valence-electron chi connectivity index (χ3n) is 5.51. The number of hydrogen-bond donors (Lipinski definition) is 1. The molecule has 5 rings (SSSR count). The van der Waals surface area contributed by atoms with E-state index in [4.69, 9.17) is 9.97 Å². The van der Waals surface area contributed by atoms with Gasteiger partial charge in [-0.05, 0) is 43.3 Å². The number of pyridine rings is 2. The summed E-state index contributed by atoms with van der Waals surface area (Å²) in [5.74, 6) is 0.754. The molecular weight excluding hydrogens is 444 g/mol. The van der Waals surface area contributed by atoms with E-state index in [1.54, 1.807) is 30.5 Å². The molecule has 7 heteroatoms. The number of aryl methyl sites for hydroxylation is 1. The molecule has 0 aliphatic heterocycles. The molecule has 0 unspecified atom stereocenters. The second-order valence-corrected chi connectivity index (χ2v) is 10.1. The summed E-state index contributed by atoms with van der Waals surface area (Å²) in [5, 5.41) is 0. The van der Waals surface area contributed by atoms with E-state index in [0.29, 0.717) is 0 Å². The molecule has 0 saturated carbocycles. The monoisotopic (exact) mass is 466 g/mol. The molecule has 1 N–H and O–H groups in total. The molecule has 0 aliphatic rings. The lowest BCUT2D eigenvalue weighted by Crippen LogP contribution is -1.96. The van der Waals surface area contributed by atoms with Gasteiger partial charge in [0.25, 0.3) is 0 Å². The smallest absolute Gasteiger partial charge is 0.175 e. The minimum absolute atomic E-state index is 0.278. The largest absolute Gasteiger partial charge is 0.336 e. The minimum Gasteiger partial charge on any atom is -0.336 e. The van der Waals surface area contributed by atoms with Crippen LogP contribution in [-0.2, 0) is 9.84 Å². The maximum Gasteiger partial charge on any atom is 0.175 e. The van der Waals surface area contributed by atoms with Crippen molar-refractivity contribution in [2.45, 2.75) is 11.8 Å². The van der Waals surface area contributed by atoms with Crippen LogP contribution in [-0.4, -0.2) is 34.6 Å². The highest BCUT2D eigenvalue weighted by molar-refractivity contribution is 7.90. The number of aromatic nitrogens is 4. The van der Waals surface area contributed by atoms with Crippen LogP contribution in [0.15, 0.2) is 96.0 Å². The van der Waals surface area contributed by atoms with Crippen molar-refractivity contribution in [2.24, 2.45) is 0 Å². The molecule has 168 valence electrons. The van der Waals surface area contributed by atoms with E-state index in [2.05, 4.69) is 9.97 Å². The predicted octanol–water partition coefficient (Wildman–Crippen LogP) is 5.58. The number of H-pyrrole nitrogens is 1. The van der Waals surface area contributed by atoms with Gasteiger partial charge in [-0.15, -0.1) is 0 Å². The minimum atomic E-state index is -3.26. The molecule has 0 atom stereocenters. The first-order chi connectivity index (χ1) is 16.4. The Morgan fingerprint density at radius 1 is 0.735 bits per heavy atom. The Hall–Kier alpha value is -4.10. The summed E-state index contributed by atoms with van der Waals surface area (Å²) in [5.41, 5.74) is 6.73. The number of sulfone groups is 1. The molecule has 0 aliphatic carbocycles. The predicted molar refractivity (Wildman–Crippen MR) is 134 cm³/mol. The molecule has 0 saturated heterocycles. The number of hydrogen-bond acceptors (Lipinski definition) is 5. The Kier molecular flexibility index (Phi) is 5.55. The number of imidazole rings is 1. The summed E-state index contributed by atoms with van der Waals surface area (Å²) >= 11 is 0. The zero-order valence-electron chi connectivity index (χ0n) is 18.7. The molecule has 2 aromatic carbocycles. The zero-order valence-corrected chi connectivity index (χ0v) is 19.5. The first kappa shape index (κ1) is 21.7. The molecule has 0 fully saturated rings. The van der Waals surface area contributed by atoms with Crippen LogP contribution in [0.25, 0.3) is 45.3 Å². The number of aromatic amines is 1. The topological polar surface area (TPSA) is 88.6 Å². The van der Waals surface area contributed by atoms with Crippen LogP contribution in [0.1, 0.15) is 5.69 Å². The van der Waals surface area contributed by atoms with Crippen molar-refractivity contribution in [3.05, 3.63) is 96.8 Å². The van der Waals surface area contributed by atoms with Gasteiger partial charge in [0.2, 0.25) is 0 Å². The van der Waals surface area contributed by atoms with Crippen LogP contribution in [0.3, 0.4) is 0 Å². The van der Waals surface area contributed by atoms with E-state index < -0.39 is 9.84 Å². The van der Waals surface area contributed by atoms with Gasteiger partial charge in [-0.1, -0.05) is 48.5 Å². The molecule has 0 radical (unpaired) electrons. The summed E-state index contributed by atoms with van der Waals surface area (Å²) in [7, 11) is -3.26. The maximum atomic E-state index is 11.8. The van der Waals surface area contributed by atoms with E-state index in [1.807, 2.05) is 67.6 Å². The number of nitrogens with zero attached hydrogens (tertiary/aromatic N) is 3. The van der Waals surface area contributed by atoms with Gasteiger partial charge in [-0.25, -0.2) is 13.4 Å². The normalized spacial score (nSPS) is 11.5. The van der Waals surface area contributed by atoms with Crippen LogP contribution < -0.4 is 0 Å². The summed E-state index contributed by atoms with van der Waals surface area (Å²) in [6.45, 7) is 1.96. The lowest BCUT2D eigenvalue weighted by molar-refractivity contribution is 0.602. The average molecular weight is 467 g/mol. The highest BCUT2D eigenvalue weighted by atomic mass is 32.2. The van der Waals surface area contributed by atoms with E-state index in [1.165, 1.54) is 6.26 Å². The van der Waals surface area contributed by atoms with E-state index in [-0.39, 0.29) is 4.90 Å². The lowest BCUT2D eigenvalue weighted by atomic mass is 10.1. The molecular formula is C27H22N4O2S. The molecule has 0 amide bonds. The summed E-state index contributed by atoms with van der Waals surface area (Å²) < 4.78 is 23.6. The van der Waals surface area contributed by atoms with Crippen molar-refractivity contribution in [2.75, 3.05) is 6.26 Å². The van der Waals surface area contributed by atoms with Crippen molar-refractivity contribution < 1.29 is 8.42 Å². The van der Waals surface area contributed by atoms with Gasteiger partial charge in [0.1, 0.15) is 5.82 Å². The fourth-order valence-corrected chi connectivity index (χ4v) is 4.42. The molecule has 3 heterocycles. The fraction of sp³-hybridized carbons (Fsp3) is 0.0741. The summed E-state index contributed by atoms with van der Waals surface area (Å²) in [6, 6.07) is 26.5. The Labute approximate surface area is 198 Å². The Bertz CT molecular complexity index is 1580. The van der Waals surface area contributed by atoms with Gasteiger partial charge >= 0.3 is 0 Å². The van der Waals surface area contributed by atoms with Gasteiger partial charge < -0.3 is 4.98 Å². The second-order valence-electron chi connectivity index (χ2n) is 8.07. The fourth-order valence-electron chi connectivity index (χ4n) is 3.79. The van der Waals surface area contributed by atoms with Crippen LogP contribution in [0.4, 0.5) is 0 Å². The molecule has 6 nitrogen and oxygen atoms in total. The van der Waals surface area contributed by atoms with E-state index >= 15 is 0 Å².